The van der Waals surface area contributed by atoms with E-state index in [2.05, 4.69) is 20.5 Å². The van der Waals surface area contributed by atoms with E-state index in [0.717, 1.165) is 5.56 Å². The fraction of sp³-hybridized carbons (Fsp3) is 0.357. The summed E-state index contributed by atoms with van der Waals surface area (Å²) in [5.74, 6) is 0.148. The highest BCUT2D eigenvalue weighted by Crippen LogP contribution is 2.11. The number of amides is 1. The minimum atomic E-state index is -0.146. The lowest BCUT2D eigenvalue weighted by molar-refractivity contribution is -0.115. The van der Waals surface area contributed by atoms with Crippen LogP contribution >= 0.6 is 0 Å². The first-order chi connectivity index (χ1) is 9.58. The van der Waals surface area contributed by atoms with Crippen molar-refractivity contribution in [1.82, 2.24) is 15.2 Å². The molecule has 0 aliphatic heterocycles. The van der Waals surface area contributed by atoms with Crippen molar-refractivity contribution in [3.63, 3.8) is 0 Å². The number of H-pyrrole nitrogens is 1. The van der Waals surface area contributed by atoms with E-state index in [9.17, 15) is 4.79 Å². The number of ether oxygens (including phenoxy) is 1. The number of hydrogen-bond acceptors (Lipinski definition) is 4. The van der Waals surface area contributed by atoms with Crippen molar-refractivity contribution in [1.29, 1.82) is 0 Å². The molecule has 6 heteroatoms. The van der Waals surface area contributed by atoms with Crippen molar-refractivity contribution < 1.29 is 9.53 Å². The van der Waals surface area contributed by atoms with E-state index in [1.54, 1.807) is 0 Å². The first kappa shape index (κ1) is 14.0. The van der Waals surface area contributed by atoms with Gasteiger partial charge in [0, 0.05) is 0 Å². The molecule has 1 amide bonds. The molecule has 0 unspecified atom stereocenters. The second kappa shape index (κ2) is 6.18. The van der Waals surface area contributed by atoms with Gasteiger partial charge in [0.1, 0.15) is 0 Å². The maximum atomic E-state index is 11.9. The number of carbonyl (C=O) groups is 1. The Morgan fingerprint density at radius 3 is 2.85 bits per heavy atom. The van der Waals surface area contributed by atoms with Gasteiger partial charge in [-0.05, 0) is 37.5 Å². The van der Waals surface area contributed by atoms with Gasteiger partial charge in [-0.15, -0.1) is 5.10 Å². The average Bonchev–Trinajstić information content (AvgIpc) is 2.81. The van der Waals surface area contributed by atoms with Crippen molar-refractivity contribution >= 4 is 11.9 Å². The smallest absolute Gasteiger partial charge is 0.337 e. The lowest BCUT2D eigenvalue weighted by Gasteiger charge is -2.05. The summed E-state index contributed by atoms with van der Waals surface area (Å²) < 4.78 is 5.11. The third-order valence-corrected chi connectivity index (χ3v) is 2.93. The van der Waals surface area contributed by atoms with Crippen molar-refractivity contribution in [3.05, 3.63) is 34.9 Å². The number of rotatable bonds is 5. The van der Waals surface area contributed by atoms with E-state index in [0.29, 0.717) is 19.0 Å². The number of aromatic amines is 1. The molecule has 0 radical (unpaired) electrons. The Morgan fingerprint density at radius 1 is 1.35 bits per heavy atom. The van der Waals surface area contributed by atoms with Gasteiger partial charge in [-0.25, -0.2) is 5.10 Å². The molecule has 6 nitrogen and oxygen atoms in total. The van der Waals surface area contributed by atoms with Crippen LogP contribution in [0.1, 0.15) is 23.6 Å². The van der Waals surface area contributed by atoms with Crippen LogP contribution < -0.4 is 10.1 Å². The summed E-state index contributed by atoms with van der Waals surface area (Å²) in [4.78, 5) is 15.9. The van der Waals surface area contributed by atoms with Gasteiger partial charge < -0.3 is 4.74 Å². The molecule has 2 aromatic rings. The van der Waals surface area contributed by atoms with Crippen LogP contribution in [0.5, 0.6) is 6.01 Å². The average molecular weight is 274 g/mol. The van der Waals surface area contributed by atoms with Crippen LogP contribution in [0.4, 0.5) is 5.95 Å². The summed E-state index contributed by atoms with van der Waals surface area (Å²) >= 11 is 0. The van der Waals surface area contributed by atoms with Crippen molar-refractivity contribution in [2.45, 2.75) is 27.2 Å². The molecule has 106 valence electrons. The van der Waals surface area contributed by atoms with Gasteiger partial charge >= 0.3 is 6.01 Å². The van der Waals surface area contributed by atoms with Gasteiger partial charge in [0.05, 0.1) is 13.0 Å². The summed E-state index contributed by atoms with van der Waals surface area (Å²) in [6.45, 7) is 6.40. The van der Waals surface area contributed by atoms with Gasteiger partial charge in [0.2, 0.25) is 11.9 Å². The van der Waals surface area contributed by atoms with Crippen LogP contribution in [-0.2, 0) is 11.2 Å². The quantitative estimate of drug-likeness (QED) is 0.874. The third-order valence-electron chi connectivity index (χ3n) is 2.93. The molecule has 0 bridgehead atoms. The van der Waals surface area contributed by atoms with Crippen molar-refractivity contribution in [2.75, 3.05) is 11.9 Å². The molecule has 0 spiro atoms. The number of aromatic nitrogens is 3. The Kier molecular flexibility index (Phi) is 4.34. The Bertz CT molecular complexity index is 607. The minimum Gasteiger partial charge on any atom is -0.463 e. The largest absolute Gasteiger partial charge is 0.463 e. The van der Waals surface area contributed by atoms with E-state index >= 15 is 0 Å². The molecule has 2 N–H and O–H groups in total. The monoisotopic (exact) mass is 274 g/mol. The van der Waals surface area contributed by atoms with E-state index in [-0.39, 0.29) is 11.9 Å². The number of carbonyl (C=O) groups excluding carboxylic acids is 1. The first-order valence-electron chi connectivity index (χ1n) is 6.49. The molecule has 2 rings (SSSR count). The molecular weight excluding hydrogens is 256 g/mol. The molecule has 0 fully saturated rings. The van der Waals surface area contributed by atoms with Crippen LogP contribution in [0.15, 0.2) is 18.2 Å². The minimum absolute atomic E-state index is 0.146. The van der Waals surface area contributed by atoms with Gasteiger partial charge in [-0.3, -0.25) is 10.1 Å². The zero-order valence-electron chi connectivity index (χ0n) is 11.9. The molecule has 20 heavy (non-hydrogen) atoms. The summed E-state index contributed by atoms with van der Waals surface area (Å²) in [5, 5.41) is 9.08. The first-order valence-corrected chi connectivity index (χ1v) is 6.49. The van der Waals surface area contributed by atoms with E-state index in [1.807, 2.05) is 39.0 Å². The predicted molar refractivity (Wildman–Crippen MR) is 75.8 cm³/mol. The number of nitrogens with zero attached hydrogens (tertiary/aromatic N) is 2. The van der Waals surface area contributed by atoms with Crippen LogP contribution in [0.2, 0.25) is 0 Å². The van der Waals surface area contributed by atoms with Crippen LogP contribution in [0.3, 0.4) is 0 Å². The van der Waals surface area contributed by atoms with Gasteiger partial charge in [0.25, 0.3) is 0 Å². The van der Waals surface area contributed by atoms with Crippen LogP contribution in [0, 0.1) is 13.8 Å². The summed E-state index contributed by atoms with van der Waals surface area (Å²) in [7, 11) is 0. The Morgan fingerprint density at radius 2 is 2.15 bits per heavy atom. The van der Waals surface area contributed by atoms with Crippen LogP contribution in [-0.4, -0.2) is 27.7 Å². The summed E-state index contributed by atoms with van der Waals surface area (Å²) in [5.41, 5.74) is 3.36. The molecule has 0 saturated heterocycles. The fourth-order valence-corrected chi connectivity index (χ4v) is 1.77. The second-order valence-corrected chi connectivity index (χ2v) is 4.54. The number of hydrogen-bond donors (Lipinski definition) is 2. The molecule has 1 aromatic carbocycles. The normalized spacial score (nSPS) is 10.3. The highest BCUT2D eigenvalue weighted by Gasteiger charge is 2.09. The standard InChI is InChI=1S/C14H18N4O2/c1-4-20-14-16-13(17-18-14)15-12(19)8-11-6-5-9(2)10(3)7-11/h5-7H,4,8H2,1-3H3,(H2,15,16,17,18,19). The molecule has 0 atom stereocenters. The fourth-order valence-electron chi connectivity index (χ4n) is 1.77. The Labute approximate surface area is 117 Å². The molecule has 1 aromatic heterocycles. The van der Waals surface area contributed by atoms with Gasteiger partial charge in [0.15, 0.2) is 0 Å². The van der Waals surface area contributed by atoms with Gasteiger partial charge in [-0.2, -0.15) is 4.98 Å². The highest BCUT2D eigenvalue weighted by atomic mass is 16.5. The topological polar surface area (TPSA) is 79.9 Å². The summed E-state index contributed by atoms with van der Waals surface area (Å²) in [6, 6.07) is 6.21. The number of nitrogens with one attached hydrogen (secondary N) is 2. The van der Waals surface area contributed by atoms with E-state index in [1.165, 1.54) is 11.1 Å². The van der Waals surface area contributed by atoms with Crippen molar-refractivity contribution in [2.24, 2.45) is 0 Å². The second-order valence-electron chi connectivity index (χ2n) is 4.54. The predicted octanol–water partition coefficient (Wildman–Crippen LogP) is 2.00. The number of benzene rings is 1. The molecular formula is C14H18N4O2. The zero-order chi connectivity index (χ0) is 14.5. The lowest BCUT2D eigenvalue weighted by atomic mass is 10.0. The van der Waals surface area contributed by atoms with E-state index < -0.39 is 0 Å². The molecule has 0 saturated carbocycles. The Balaban J connectivity index is 1.95. The van der Waals surface area contributed by atoms with Gasteiger partial charge in [-0.1, -0.05) is 18.2 Å². The SMILES string of the molecule is CCOc1n[nH]c(NC(=O)Cc2ccc(C)c(C)c2)n1. The number of aryl methyl sites for hydroxylation is 2. The lowest BCUT2D eigenvalue weighted by Crippen LogP contribution is -2.15. The molecule has 0 aliphatic carbocycles. The zero-order valence-corrected chi connectivity index (χ0v) is 11.9. The molecule has 0 aliphatic rings. The van der Waals surface area contributed by atoms with E-state index in [4.69, 9.17) is 4.74 Å². The maximum Gasteiger partial charge on any atom is 0.337 e. The maximum absolute atomic E-state index is 11.9. The Hall–Kier alpha value is -2.37. The molecule has 1 heterocycles. The summed E-state index contributed by atoms with van der Waals surface area (Å²) in [6.07, 6.45) is 0.297. The number of anilines is 1. The van der Waals surface area contributed by atoms with Crippen molar-refractivity contribution in [3.8, 4) is 6.01 Å². The highest BCUT2D eigenvalue weighted by molar-refractivity contribution is 5.90. The van der Waals surface area contributed by atoms with Crippen LogP contribution in [0.25, 0.3) is 0 Å². The third kappa shape index (κ3) is 3.57.